The predicted molar refractivity (Wildman–Crippen MR) is 53.6 cm³/mol. The van der Waals surface area contributed by atoms with Gasteiger partial charge in [0.15, 0.2) is 0 Å². The van der Waals surface area contributed by atoms with Gasteiger partial charge in [0, 0.05) is 19.8 Å². The summed E-state index contributed by atoms with van der Waals surface area (Å²) in [5.41, 5.74) is 1.21. The van der Waals surface area contributed by atoms with Crippen molar-refractivity contribution >= 4 is 0 Å². The Balaban J connectivity index is 0. The molecule has 0 amide bonds. The fourth-order valence-corrected chi connectivity index (χ4v) is 0.492. The van der Waals surface area contributed by atoms with Crippen LogP contribution in [0.4, 0.5) is 0 Å². The van der Waals surface area contributed by atoms with Crippen molar-refractivity contribution in [2.24, 2.45) is 0 Å². The lowest BCUT2D eigenvalue weighted by atomic mass is 10.3. The summed E-state index contributed by atoms with van der Waals surface area (Å²) in [4.78, 5) is 2.12. The molecule has 11 heavy (non-hydrogen) atoms. The monoisotopic (exact) mass is 155 g/mol. The van der Waals surface area contributed by atoms with E-state index in [9.17, 15) is 0 Å². The first-order valence-electron chi connectivity index (χ1n) is 4.21. The third-order valence-corrected chi connectivity index (χ3v) is 1.24. The summed E-state index contributed by atoms with van der Waals surface area (Å²) in [5, 5.41) is 0. The fourth-order valence-electron chi connectivity index (χ4n) is 0.492. The Hall–Kier alpha value is -0.720. The summed E-state index contributed by atoms with van der Waals surface area (Å²) in [5.74, 6) is 0. The van der Waals surface area contributed by atoms with Gasteiger partial charge in [0.2, 0.25) is 0 Å². The lowest BCUT2D eigenvalue weighted by molar-refractivity contribution is 0.481. The van der Waals surface area contributed by atoms with Crippen molar-refractivity contribution in [1.82, 2.24) is 4.90 Å². The maximum atomic E-state index is 3.65. The van der Waals surface area contributed by atoms with E-state index in [1.54, 1.807) is 0 Å². The highest BCUT2D eigenvalue weighted by Crippen LogP contribution is 1.94. The van der Waals surface area contributed by atoms with Crippen LogP contribution in [0, 0.1) is 0 Å². The Morgan fingerprint density at radius 1 is 1.45 bits per heavy atom. The van der Waals surface area contributed by atoms with E-state index in [1.165, 1.54) is 5.57 Å². The van der Waals surface area contributed by atoms with Crippen LogP contribution in [0.5, 0.6) is 0 Å². The van der Waals surface area contributed by atoms with Gasteiger partial charge in [0.1, 0.15) is 0 Å². The van der Waals surface area contributed by atoms with Gasteiger partial charge in [-0.25, -0.2) is 0 Å². The molecule has 0 saturated carbocycles. The highest BCUT2D eigenvalue weighted by atomic mass is 15.1. The molecule has 0 heterocycles. The predicted octanol–water partition coefficient (Wildman–Crippen LogP) is 3.05. The van der Waals surface area contributed by atoms with Crippen LogP contribution in [0.2, 0.25) is 0 Å². The highest BCUT2D eigenvalue weighted by Gasteiger charge is 1.83. The Bertz CT molecular complexity index is 114. The Labute approximate surface area is 71.4 Å². The first kappa shape index (κ1) is 12.9. The van der Waals surface area contributed by atoms with Crippen LogP contribution in [0.15, 0.2) is 24.4 Å². The Morgan fingerprint density at radius 3 is 2.18 bits per heavy atom. The van der Waals surface area contributed by atoms with E-state index >= 15 is 0 Å². The van der Waals surface area contributed by atoms with E-state index in [0.717, 1.165) is 6.54 Å². The first-order valence-corrected chi connectivity index (χ1v) is 4.21. The second-order valence-electron chi connectivity index (χ2n) is 2.15. The molecule has 1 nitrogen and oxygen atoms in total. The van der Waals surface area contributed by atoms with Crippen molar-refractivity contribution < 1.29 is 0 Å². The van der Waals surface area contributed by atoms with E-state index in [2.05, 4.69) is 24.6 Å². The summed E-state index contributed by atoms with van der Waals surface area (Å²) < 4.78 is 0. The van der Waals surface area contributed by atoms with Crippen molar-refractivity contribution in [3.05, 3.63) is 24.4 Å². The second-order valence-corrected chi connectivity index (χ2v) is 2.15. The zero-order valence-electron chi connectivity index (χ0n) is 8.52. The van der Waals surface area contributed by atoms with E-state index in [1.807, 2.05) is 33.9 Å². The quantitative estimate of drug-likeness (QED) is 0.566. The Kier molecular flexibility index (Phi) is 10.9. The smallest absolute Gasteiger partial charge is 0.0140 e. The third kappa shape index (κ3) is 9.28. The standard InChI is InChI=1S/C8H15N.C2H6/c1-5-8(3)7-9(4)6-2;1-2/h5,7H,1,6H2,2-4H3;1-2H3/b8-7-;. The van der Waals surface area contributed by atoms with Gasteiger partial charge >= 0.3 is 0 Å². The van der Waals surface area contributed by atoms with Gasteiger partial charge in [0.05, 0.1) is 0 Å². The molecule has 0 atom stereocenters. The summed E-state index contributed by atoms with van der Waals surface area (Å²) in [7, 11) is 2.05. The molecule has 0 aromatic heterocycles. The average Bonchev–Trinajstić information content (AvgIpc) is 2.07. The molecule has 1 heteroatoms. The molecule has 0 radical (unpaired) electrons. The van der Waals surface area contributed by atoms with Gasteiger partial charge in [-0.2, -0.15) is 0 Å². The third-order valence-electron chi connectivity index (χ3n) is 1.24. The molecule has 0 aliphatic rings. The molecule has 66 valence electrons. The maximum absolute atomic E-state index is 3.65. The molecule has 0 unspecified atom stereocenters. The molecule has 0 bridgehead atoms. The highest BCUT2D eigenvalue weighted by molar-refractivity contribution is 5.11. The van der Waals surface area contributed by atoms with Gasteiger partial charge in [0.25, 0.3) is 0 Å². The molecule has 0 aliphatic carbocycles. The van der Waals surface area contributed by atoms with E-state index in [0.29, 0.717) is 0 Å². The molecular weight excluding hydrogens is 134 g/mol. The van der Waals surface area contributed by atoms with Crippen LogP contribution in [0.3, 0.4) is 0 Å². The van der Waals surface area contributed by atoms with Crippen LogP contribution in [0.25, 0.3) is 0 Å². The fraction of sp³-hybridized carbons (Fsp3) is 0.600. The van der Waals surface area contributed by atoms with Crippen LogP contribution < -0.4 is 0 Å². The molecule has 0 fully saturated rings. The normalized spacial score (nSPS) is 9.73. The zero-order chi connectivity index (χ0) is 9.28. The SMILES string of the molecule is C=C/C(C)=C\N(C)CC.CC. The van der Waals surface area contributed by atoms with E-state index in [4.69, 9.17) is 0 Å². The minimum Gasteiger partial charge on any atom is -0.380 e. The summed E-state index contributed by atoms with van der Waals surface area (Å²) >= 11 is 0. The molecule has 0 aliphatic heterocycles. The number of allylic oxidation sites excluding steroid dienone is 2. The lowest BCUT2D eigenvalue weighted by Crippen LogP contribution is -2.09. The van der Waals surface area contributed by atoms with Crippen molar-refractivity contribution in [1.29, 1.82) is 0 Å². The van der Waals surface area contributed by atoms with Crippen molar-refractivity contribution in [2.45, 2.75) is 27.7 Å². The largest absolute Gasteiger partial charge is 0.380 e. The van der Waals surface area contributed by atoms with Gasteiger partial charge < -0.3 is 4.90 Å². The summed E-state index contributed by atoms with van der Waals surface area (Å²) in [6.45, 7) is 12.9. The number of hydrogen-bond donors (Lipinski definition) is 0. The average molecular weight is 155 g/mol. The number of hydrogen-bond acceptors (Lipinski definition) is 1. The molecule has 0 N–H and O–H groups in total. The topological polar surface area (TPSA) is 3.24 Å². The van der Waals surface area contributed by atoms with Gasteiger partial charge in [-0.05, 0) is 19.4 Å². The van der Waals surface area contributed by atoms with Gasteiger partial charge in [-0.3, -0.25) is 0 Å². The van der Waals surface area contributed by atoms with Crippen LogP contribution >= 0.6 is 0 Å². The second kappa shape index (κ2) is 9.28. The molecule has 0 rings (SSSR count). The lowest BCUT2D eigenvalue weighted by Gasteiger charge is -2.10. The molecule has 0 aromatic rings. The number of nitrogens with zero attached hydrogens (tertiary/aromatic N) is 1. The van der Waals surface area contributed by atoms with Gasteiger partial charge in [-0.15, -0.1) is 0 Å². The van der Waals surface area contributed by atoms with Crippen LogP contribution in [-0.2, 0) is 0 Å². The summed E-state index contributed by atoms with van der Waals surface area (Å²) in [6.07, 6.45) is 3.93. The molecular formula is C10H21N. The van der Waals surface area contributed by atoms with Crippen LogP contribution in [0.1, 0.15) is 27.7 Å². The zero-order valence-corrected chi connectivity index (χ0v) is 8.52. The van der Waals surface area contributed by atoms with Crippen molar-refractivity contribution in [3.63, 3.8) is 0 Å². The molecule has 0 spiro atoms. The minimum atomic E-state index is 1.05. The van der Waals surface area contributed by atoms with Crippen molar-refractivity contribution in [3.8, 4) is 0 Å². The minimum absolute atomic E-state index is 1.05. The van der Waals surface area contributed by atoms with Crippen LogP contribution in [-0.4, -0.2) is 18.5 Å². The molecule has 0 saturated heterocycles. The maximum Gasteiger partial charge on any atom is 0.0140 e. The number of rotatable bonds is 3. The van der Waals surface area contributed by atoms with E-state index in [-0.39, 0.29) is 0 Å². The first-order chi connectivity index (χ1) is 5.20. The molecule has 0 aromatic carbocycles. The van der Waals surface area contributed by atoms with E-state index < -0.39 is 0 Å². The summed E-state index contributed by atoms with van der Waals surface area (Å²) in [6, 6.07) is 0. The van der Waals surface area contributed by atoms with Crippen molar-refractivity contribution in [2.75, 3.05) is 13.6 Å². The Morgan fingerprint density at radius 2 is 1.91 bits per heavy atom. The van der Waals surface area contributed by atoms with Gasteiger partial charge in [-0.1, -0.05) is 26.5 Å².